The van der Waals surface area contributed by atoms with Crippen molar-refractivity contribution in [2.24, 2.45) is 0 Å². The van der Waals surface area contributed by atoms with E-state index in [0.29, 0.717) is 5.56 Å². The second-order valence-corrected chi connectivity index (χ2v) is 6.19. The van der Waals surface area contributed by atoms with Gasteiger partial charge in [0.25, 0.3) is 5.91 Å². The van der Waals surface area contributed by atoms with Crippen LogP contribution in [0.3, 0.4) is 0 Å². The van der Waals surface area contributed by atoms with Gasteiger partial charge in [0.05, 0.1) is 5.38 Å². The third-order valence-electron chi connectivity index (χ3n) is 3.07. The normalized spacial score (nSPS) is 12.0. The molecule has 20 heavy (non-hydrogen) atoms. The first-order chi connectivity index (χ1) is 9.49. The molecule has 0 aliphatic carbocycles. The molecule has 104 valence electrons. The third kappa shape index (κ3) is 3.41. The fourth-order valence-corrected chi connectivity index (χ4v) is 2.70. The van der Waals surface area contributed by atoms with Gasteiger partial charge in [-0.25, -0.2) is 0 Å². The van der Waals surface area contributed by atoms with Crippen LogP contribution in [0.1, 0.15) is 33.8 Å². The van der Waals surface area contributed by atoms with Crippen molar-refractivity contribution in [1.29, 1.82) is 0 Å². The minimum atomic E-state index is -0.155. The molecule has 4 heteroatoms. The van der Waals surface area contributed by atoms with Crippen molar-refractivity contribution in [2.45, 2.75) is 19.2 Å². The van der Waals surface area contributed by atoms with E-state index in [9.17, 15) is 4.79 Å². The van der Waals surface area contributed by atoms with Crippen LogP contribution in [0, 0.1) is 6.92 Å². The molecule has 0 spiro atoms. The zero-order chi connectivity index (χ0) is 14.7. The quantitative estimate of drug-likeness (QED) is 0.745. The van der Waals surface area contributed by atoms with Crippen LogP contribution in [0.5, 0.6) is 0 Å². The van der Waals surface area contributed by atoms with Gasteiger partial charge >= 0.3 is 0 Å². The summed E-state index contributed by atoms with van der Waals surface area (Å²) in [6, 6.07) is 13.2. The Morgan fingerprint density at radius 3 is 2.60 bits per heavy atom. The highest BCUT2D eigenvalue weighted by molar-refractivity contribution is 9.10. The SMILES string of the molecule is Cc1cc(Br)ccc1C(=O)Nc1ccccc1C(C)Cl. The van der Waals surface area contributed by atoms with Gasteiger partial charge in [-0.1, -0.05) is 34.1 Å². The molecule has 0 saturated heterocycles. The van der Waals surface area contributed by atoms with Crippen LogP contribution in [-0.2, 0) is 0 Å². The Hall–Kier alpha value is -1.32. The maximum Gasteiger partial charge on any atom is 0.255 e. The predicted octanol–water partition coefficient (Wildman–Crippen LogP) is 5.31. The number of carbonyl (C=O) groups excluding carboxylic acids is 1. The average molecular weight is 353 g/mol. The lowest BCUT2D eigenvalue weighted by Gasteiger charge is -2.13. The van der Waals surface area contributed by atoms with Gasteiger partial charge in [-0.15, -0.1) is 11.6 Å². The van der Waals surface area contributed by atoms with Crippen LogP contribution in [0.15, 0.2) is 46.9 Å². The van der Waals surface area contributed by atoms with Crippen molar-refractivity contribution in [1.82, 2.24) is 0 Å². The Morgan fingerprint density at radius 1 is 1.25 bits per heavy atom. The van der Waals surface area contributed by atoms with Gasteiger partial charge in [-0.05, 0) is 49.2 Å². The van der Waals surface area contributed by atoms with Gasteiger partial charge in [-0.3, -0.25) is 4.79 Å². The molecule has 1 N–H and O–H groups in total. The molecular formula is C16H15BrClNO. The molecule has 2 aromatic rings. The summed E-state index contributed by atoms with van der Waals surface area (Å²) in [6.45, 7) is 3.80. The second kappa shape index (κ2) is 6.42. The van der Waals surface area contributed by atoms with Crippen molar-refractivity contribution < 1.29 is 4.79 Å². The first-order valence-electron chi connectivity index (χ1n) is 6.29. The van der Waals surface area contributed by atoms with Crippen molar-refractivity contribution in [3.63, 3.8) is 0 Å². The predicted molar refractivity (Wildman–Crippen MR) is 87.5 cm³/mol. The summed E-state index contributed by atoms with van der Waals surface area (Å²) in [5.41, 5.74) is 3.25. The van der Waals surface area contributed by atoms with Crippen molar-refractivity contribution in [3.8, 4) is 0 Å². The molecule has 1 amide bonds. The van der Waals surface area contributed by atoms with E-state index in [4.69, 9.17) is 11.6 Å². The van der Waals surface area contributed by atoms with Crippen LogP contribution in [-0.4, -0.2) is 5.91 Å². The smallest absolute Gasteiger partial charge is 0.255 e. The Bertz CT molecular complexity index is 640. The van der Waals surface area contributed by atoms with E-state index in [1.807, 2.05) is 56.3 Å². The maximum absolute atomic E-state index is 12.4. The monoisotopic (exact) mass is 351 g/mol. The van der Waals surface area contributed by atoms with Crippen molar-refractivity contribution in [3.05, 3.63) is 63.6 Å². The molecule has 1 unspecified atom stereocenters. The van der Waals surface area contributed by atoms with E-state index < -0.39 is 0 Å². The number of carbonyl (C=O) groups is 1. The lowest BCUT2D eigenvalue weighted by atomic mass is 10.1. The molecule has 0 radical (unpaired) electrons. The fraction of sp³-hybridized carbons (Fsp3) is 0.188. The van der Waals surface area contributed by atoms with Gasteiger partial charge in [0.15, 0.2) is 0 Å². The summed E-state index contributed by atoms with van der Waals surface area (Å²) in [5.74, 6) is -0.125. The standard InChI is InChI=1S/C16H15BrClNO/c1-10-9-12(17)7-8-13(10)16(20)19-15-6-4-3-5-14(15)11(2)18/h3-9,11H,1-2H3,(H,19,20). The van der Waals surface area contributed by atoms with Crippen LogP contribution < -0.4 is 5.32 Å². The number of nitrogens with one attached hydrogen (secondary N) is 1. The van der Waals surface area contributed by atoms with Gasteiger partial charge < -0.3 is 5.32 Å². The molecule has 1 atom stereocenters. The summed E-state index contributed by atoms with van der Waals surface area (Å²) >= 11 is 9.53. The number of hydrogen-bond acceptors (Lipinski definition) is 1. The van der Waals surface area contributed by atoms with E-state index in [0.717, 1.165) is 21.3 Å². The Labute approximate surface area is 132 Å². The molecule has 2 rings (SSSR count). The molecule has 0 bridgehead atoms. The summed E-state index contributed by atoms with van der Waals surface area (Å²) in [6.07, 6.45) is 0. The highest BCUT2D eigenvalue weighted by Gasteiger charge is 2.13. The average Bonchev–Trinajstić information content (AvgIpc) is 2.38. The van der Waals surface area contributed by atoms with Crippen LogP contribution >= 0.6 is 27.5 Å². The summed E-state index contributed by atoms with van der Waals surface area (Å²) in [7, 11) is 0. The van der Waals surface area contributed by atoms with Gasteiger partial charge in [0, 0.05) is 15.7 Å². The molecule has 2 nitrogen and oxygen atoms in total. The molecule has 0 saturated carbocycles. The van der Waals surface area contributed by atoms with E-state index >= 15 is 0 Å². The molecule has 0 aromatic heterocycles. The first kappa shape index (κ1) is 15.1. The second-order valence-electron chi connectivity index (χ2n) is 4.62. The number of benzene rings is 2. The largest absolute Gasteiger partial charge is 0.322 e. The highest BCUT2D eigenvalue weighted by Crippen LogP contribution is 2.27. The molecule has 0 aliphatic heterocycles. The molecule has 2 aromatic carbocycles. The molecule has 0 heterocycles. The summed E-state index contributed by atoms with van der Waals surface area (Å²) in [5, 5.41) is 2.77. The Morgan fingerprint density at radius 2 is 1.95 bits per heavy atom. The minimum Gasteiger partial charge on any atom is -0.322 e. The number of rotatable bonds is 3. The van der Waals surface area contributed by atoms with Crippen molar-refractivity contribution >= 4 is 39.1 Å². The van der Waals surface area contributed by atoms with E-state index in [1.54, 1.807) is 0 Å². The van der Waals surface area contributed by atoms with Gasteiger partial charge in [-0.2, -0.15) is 0 Å². The number of anilines is 1. The first-order valence-corrected chi connectivity index (χ1v) is 7.52. The lowest BCUT2D eigenvalue weighted by Crippen LogP contribution is -2.14. The van der Waals surface area contributed by atoms with E-state index in [2.05, 4.69) is 21.2 Å². The fourth-order valence-electron chi connectivity index (χ4n) is 2.03. The minimum absolute atomic E-state index is 0.125. The third-order valence-corrected chi connectivity index (χ3v) is 3.80. The highest BCUT2D eigenvalue weighted by atomic mass is 79.9. The van der Waals surface area contributed by atoms with Crippen LogP contribution in [0.2, 0.25) is 0 Å². The molecule has 0 fully saturated rings. The number of hydrogen-bond donors (Lipinski definition) is 1. The number of amides is 1. The Balaban J connectivity index is 2.28. The summed E-state index contributed by atoms with van der Waals surface area (Å²) in [4.78, 5) is 12.4. The van der Waals surface area contributed by atoms with Gasteiger partial charge in [0.2, 0.25) is 0 Å². The van der Waals surface area contributed by atoms with Crippen molar-refractivity contribution in [2.75, 3.05) is 5.32 Å². The lowest BCUT2D eigenvalue weighted by molar-refractivity contribution is 0.102. The number of aryl methyl sites for hydroxylation is 1. The summed E-state index contributed by atoms with van der Waals surface area (Å²) < 4.78 is 0.960. The number of para-hydroxylation sites is 1. The number of alkyl halides is 1. The van der Waals surface area contributed by atoms with Crippen LogP contribution in [0.25, 0.3) is 0 Å². The zero-order valence-corrected chi connectivity index (χ0v) is 13.6. The van der Waals surface area contributed by atoms with E-state index in [1.165, 1.54) is 0 Å². The topological polar surface area (TPSA) is 29.1 Å². The van der Waals surface area contributed by atoms with Gasteiger partial charge in [0.1, 0.15) is 0 Å². The van der Waals surface area contributed by atoms with E-state index in [-0.39, 0.29) is 11.3 Å². The molecular weight excluding hydrogens is 338 g/mol. The zero-order valence-electron chi connectivity index (χ0n) is 11.3. The Kier molecular flexibility index (Phi) is 4.84. The maximum atomic E-state index is 12.4. The number of halogens is 2. The molecule has 0 aliphatic rings. The van der Waals surface area contributed by atoms with Crippen LogP contribution in [0.4, 0.5) is 5.69 Å².